The summed E-state index contributed by atoms with van der Waals surface area (Å²) in [6.45, 7) is 1.86. The van der Waals surface area contributed by atoms with Gasteiger partial charge in [0.15, 0.2) is 0 Å². The Morgan fingerprint density at radius 2 is 1.75 bits per heavy atom. The molecule has 0 aliphatic heterocycles. The van der Waals surface area contributed by atoms with Gasteiger partial charge in [0.25, 0.3) is 0 Å². The van der Waals surface area contributed by atoms with Crippen molar-refractivity contribution < 1.29 is 9.84 Å². The molecule has 0 aromatic heterocycles. The summed E-state index contributed by atoms with van der Waals surface area (Å²) in [5.41, 5.74) is 0.896. The topological polar surface area (TPSA) is 29.5 Å². The zero-order chi connectivity index (χ0) is 11.5. The second kappa shape index (κ2) is 4.64. The highest BCUT2D eigenvalue weighted by Gasteiger charge is 2.15. The molecule has 0 aliphatic carbocycles. The fourth-order valence-electron chi connectivity index (χ4n) is 1.79. The molecule has 0 saturated carbocycles. The molecule has 2 heteroatoms. The fraction of sp³-hybridized carbons (Fsp3) is 0.286. The smallest absolute Gasteiger partial charge is 0.105 e. The van der Waals surface area contributed by atoms with Crippen LogP contribution in [0.4, 0.5) is 0 Å². The van der Waals surface area contributed by atoms with Gasteiger partial charge in [0.05, 0.1) is 6.10 Å². The second-order valence-electron chi connectivity index (χ2n) is 3.99. The zero-order valence-electron chi connectivity index (χ0n) is 9.55. The highest BCUT2D eigenvalue weighted by molar-refractivity contribution is 5.83. The minimum atomic E-state index is -0.574. The molecular weight excluding hydrogens is 200 g/mol. The van der Waals surface area contributed by atoms with E-state index in [-0.39, 0.29) is 6.10 Å². The third kappa shape index (κ3) is 2.08. The molecule has 0 amide bonds. The quantitative estimate of drug-likeness (QED) is 0.854. The van der Waals surface area contributed by atoms with Gasteiger partial charge in [-0.2, -0.15) is 0 Å². The number of hydrogen-bond acceptors (Lipinski definition) is 2. The van der Waals surface area contributed by atoms with Crippen molar-refractivity contribution in [3.05, 3.63) is 48.0 Å². The summed E-state index contributed by atoms with van der Waals surface area (Å²) in [6, 6.07) is 14.1. The number of benzene rings is 2. The van der Waals surface area contributed by atoms with Crippen molar-refractivity contribution in [1.82, 2.24) is 0 Å². The minimum Gasteiger partial charge on any atom is -0.386 e. The number of aliphatic hydroxyl groups is 1. The van der Waals surface area contributed by atoms with E-state index in [1.807, 2.05) is 43.3 Å². The second-order valence-corrected chi connectivity index (χ2v) is 3.99. The lowest BCUT2D eigenvalue weighted by Crippen LogP contribution is -2.16. The normalized spacial score (nSPS) is 14.9. The highest BCUT2D eigenvalue weighted by Crippen LogP contribution is 2.23. The van der Waals surface area contributed by atoms with Crippen LogP contribution in [0.15, 0.2) is 42.5 Å². The minimum absolute atomic E-state index is 0.193. The predicted octanol–water partition coefficient (Wildman–Crippen LogP) is 2.91. The molecule has 0 heterocycles. The highest BCUT2D eigenvalue weighted by atomic mass is 16.5. The van der Waals surface area contributed by atoms with Gasteiger partial charge in [-0.15, -0.1) is 0 Å². The molecule has 0 radical (unpaired) electrons. The van der Waals surface area contributed by atoms with Crippen molar-refractivity contribution in [3.63, 3.8) is 0 Å². The van der Waals surface area contributed by atoms with Crippen LogP contribution in [0, 0.1) is 0 Å². The molecule has 2 rings (SSSR count). The van der Waals surface area contributed by atoms with Crippen LogP contribution in [-0.2, 0) is 4.74 Å². The Hall–Kier alpha value is -1.38. The predicted molar refractivity (Wildman–Crippen MR) is 65.4 cm³/mol. The van der Waals surface area contributed by atoms with Crippen LogP contribution < -0.4 is 0 Å². The summed E-state index contributed by atoms with van der Waals surface area (Å²) in [5, 5.41) is 12.3. The average molecular weight is 216 g/mol. The van der Waals surface area contributed by atoms with Crippen LogP contribution in [0.25, 0.3) is 10.8 Å². The van der Waals surface area contributed by atoms with Gasteiger partial charge in [-0.3, -0.25) is 0 Å². The molecule has 0 spiro atoms. The summed E-state index contributed by atoms with van der Waals surface area (Å²) in [7, 11) is 1.61. The zero-order valence-corrected chi connectivity index (χ0v) is 9.55. The summed E-state index contributed by atoms with van der Waals surface area (Å²) >= 11 is 0. The first-order valence-electron chi connectivity index (χ1n) is 5.42. The molecule has 0 aliphatic rings. The lowest BCUT2D eigenvalue weighted by atomic mass is 10.0. The maximum absolute atomic E-state index is 10.0. The van der Waals surface area contributed by atoms with Crippen molar-refractivity contribution in [2.45, 2.75) is 19.1 Å². The Kier molecular flexibility index (Phi) is 3.22. The standard InChI is InChI=1S/C14H16O2/c1-10(16-2)14(15)13-8-7-11-5-3-4-6-12(11)9-13/h3-10,14-15H,1-2H3. The third-order valence-electron chi connectivity index (χ3n) is 2.93. The van der Waals surface area contributed by atoms with E-state index in [4.69, 9.17) is 4.74 Å². The molecule has 16 heavy (non-hydrogen) atoms. The number of rotatable bonds is 3. The average Bonchev–Trinajstić information content (AvgIpc) is 2.36. The monoisotopic (exact) mass is 216 g/mol. The Balaban J connectivity index is 2.39. The van der Waals surface area contributed by atoms with E-state index in [0.29, 0.717) is 0 Å². The molecule has 0 bridgehead atoms. The van der Waals surface area contributed by atoms with Crippen LogP contribution in [0.5, 0.6) is 0 Å². The SMILES string of the molecule is COC(C)C(O)c1ccc2ccccc2c1. The third-order valence-corrected chi connectivity index (χ3v) is 2.93. The van der Waals surface area contributed by atoms with E-state index in [2.05, 4.69) is 6.07 Å². The van der Waals surface area contributed by atoms with Crippen LogP contribution in [0.3, 0.4) is 0 Å². The van der Waals surface area contributed by atoms with E-state index in [0.717, 1.165) is 10.9 Å². The lowest BCUT2D eigenvalue weighted by Gasteiger charge is -2.18. The van der Waals surface area contributed by atoms with Crippen molar-refractivity contribution in [2.75, 3.05) is 7.11 Å². The maximum atomic E-state index is 10.0. The van der Waals surface area contributed by atoms with Crippen LogP contribution in [0.1, 0.15) is 18.6 Å². The van der Waals surface area contributed by atoms with E-state index in [1.54, 1.807) is 7.11 Å². The Labute approximate surface area is 95.5 Å². The summed E-state index contributed by atoms with van der Waals surface area (Å²) in [6.07, 6.45) is -0.768. The van der Waals surface area contributed by atoms with Crippen LogP contribution >= 0.6 is 0 Å². The Bertz CT molecular complexity index is 479. The first-order valence-corrected chi connectivity index (χ1v) is 5.42. The molecule has 2 aromatic rings. The van der Waals surface area contributed by atoms with Crippen molar-refractivity contribution in [3.8, 4) is 0 Å². The molecule has 2 unspecified atom stereocenters. The van der Waals surface area contributed by atoms with Gasteiger partial charge in [0, 0.05) is 7.11 Å². The Morgan fingerprint density at radius 3 is 2.44 bits per heavy atom. The molecule has 0 fully saturated rings. The fourth-order valence-corrected chi connectivity index (χ4v) is 1.79. The molecule has 1 N–H and O–H groups in total. The van der Waals surface area contributed by atoms with E-state index < -0.39 is 6.10 Å². The molecule has 2 nitrogen and oxygen atoms in total. The van der Waals surface area contributed by atoms with Crippen LogP contribution in [0.2, 0.25) is 0 Å². The van der Waals surface area contributed by atoms with Gasteiger partial charge in [-0.25, -0.2) is 0 Å². The Morgan fingerprint density at radius 1 is 1.06 bits per heavy atom. The lowest BCUT2D eigenvalue weighted by molar-refractivity contribution is -0.00135. The van der Waals surface area contributed by atoms with Gasteiger partial charge < -0.3 is 9.84 Å². The molecule has 2 atom stereocenters. The van der Waals surface area contributed by atoms with Crippen molar-refractivity contribution in [1.29, 1.82) is 0 Å². The summed E-state index contributed by atoms with van der Waals surface area (Å²) < 4.78 is 5.13. The summed E-state index contributed by atoms with van der Waals surface area (Å²) in [4.78, 5) is 0. The van der Waals surface area contributed by atoms with E-state index in [9.17, 15) is 5.11 Å². The van der Waals surface area contributed by atoms with Crippen molar-refractivity contribution in [2.24, 2.45) is 0 Å². The van der Waals surface area contributed by atoms with Gasteiger partial charge in [0.1, 0.15) is 6.10 Å². The number of aliphatic hydroxyl groups excluding tert-OH is 1. The van der Waals surface area contributed by atoms with Crippen molar-refractivity contribution >= 4 is 10.8 Å². The maximum Gasteiger partial charge on any atom is 0.105 e. The summed E-state index contributed by atoms with van der Waals surface area (Å²) in [5.74, 6) is 0. The number of fused-ring (bicyclic) bond motifs is 1. The largest absolute Gasteiger partial charge is 0.386 e. The molecular formula is C14H16O2. The van der Waals surface area contributed by atoms with Gasteiger partial charge >= 0.3 is 0 Å². The molecule has 0 saturated heterocycles. The van der Waals surface area contributed by atoms with E-state index >= 15 is 0 Å². The van der Waals surface area contributed by atoms with Gasteiger partial charge in [-0.05, 0) is 29.3 Å². The van der Waals surface area contributed by atoms with E-state index in [1.165, 1.54) is 5.39 Å². The number of hydrogen-bond donors (Lipinski definition) is 1. The molecule has 84 valence electrons. The number of ether oxygens (including phenoxy) is 1. The first-order chi connectivity index (χ1) is 7.72. The number of methoxy groups -OCH3 is 1. The molecule has 2 aromatic carbocycles. The van der Waals surface area contributed by atoms with Crippen LogP contribution in [-0.4, -0.2) is 18.3 Å². The van der Waals surface area contributed by atoms with Gasteiger partial charge in [-0.1, -0.05) is 36.4 Å². The van der Waals surface area contributed by atoms with Gasteiger partial charge in [0.2, 0.25) is 0 Å². The first kappa shape index (κ1) is 11.1.